The number of ether oxygens (including phenoxy) is 1. The third-order valence-corrected chi connectivity index (χ3v) is 3.60. The molecule has 0 radical (unpaired) electrons. The van der Waals surface area contributed by atoms with Crippen molar-refractivity contribution in [1.29, 1.82) is 0 Å². The van der Waals surface area contributed by atoms with Crippen LogP contribution in [-0.4, -0.2) is 36.5 Å². The van der Waals surface area contributed by atoms with Crippen LogP contribution in [0.15, 0.2) is 30.3 Å². The van der Waals surface area contributed by atoms with E-state index in [-0.39, 0.29) is 24.3 Å². The lowest BCUT2D eigenvalue weighted by atomic mass is 10.2. The molecular weight excluding hydrogens is 290 g/mol. The molecule has 112 valence electrons. The number of nitrogens with zero attached hydrogens (tertiary/aromatic N) is 1. The molecule has 0 saturated heterocycles. The quantitative estimate of drug-likeness (QED) is 0.599. The van der Waals surface area contributed by atoms with Gasteiger partial charge in [-0.2, -0.15) is 0 Å². The number of halogens is 1. The Bertz CT molecular complexity index is 535. The monoisotopic (exact) mass is 307 g/mol. The molecule has 0 bridgehead atoms. The van der Waals surface area contributed by atoms with E-state index in [1.165, 1.54) is 7.11 Å². The van der Waals surface area contributed by atoms with Gasteiger partial charge in [0.25, 0.3) is 0 Å². The maximum absolute atomic E-state index is 12.2. The second kappa shape index (κ2) is 7.27. The van der Waals surface area contributed by atoms with Crippen molar-refractivity contribution in [1.82, 2.24) is 4.90 Å². The number of hydrogen-bond donors (Lipinski definition) is 0. The summed E-state index contributed by atoms with van der Waals surface area (Å²) in [6.45, 7) is 0.404. The highest BCUT2D eigenvalue weighted by molar-refractivity contribution is 6.30. The van der Waals surface area contributed by atoms with Gasteiger partial charge in [0.05, 0.1) is 13.5 Å². The number of methoxy groups -OCH3 is 1. The van der Waals surface area contributed by atoms with Crippen molar-refractivity contribution in [3.63, 3.8) is 0 Å². The van der Waals surface area contributed by atoms with Crippen LogP contribution in [0.4, 0.5) is 0 Å². The predicted octanol–water partition coefficient (Wildman–Crippen LogP) is 2.91. The molecule has 5 heteroatoms. The highest BCUT2D eigenvalue weighted by Crippen LogP contribution is 2.27. The van der Waals surface area contributed by atoms with Crippen LogP contribution >= 0.6 is 11.6 Å². The van der Waals surface area contributed by atoms with E-state index in [9.17, 15) is 9.59 Å². The molecule has 1 saturated carbocycles. The molecule has 4 nitrogen and oxygen atoms in total. The fourth-order valence-corrected chi connectivity index (χ4v) is 2.14. The first-order valence-corrected chi connectivity index (χ1v) is 7.29. The molecule has 1 amide bonds. The smallest absolute Gasteiger partial charge is 0.307 e. The summed E-state index contributed by atoms with van der Waals surface area (Å²) in [6, 6.07) is 7.52. The van der Waals surface area contributed by atoms with Gasteiger partial charge < -0.3 is 9.64 Å². The fraction of sp³-hybridized carbons (Fsp3) is 0.375. The molecule has 1 fully saturated rings. The zero-order chi connectivity index (χ0) is 15.2. The SMILES string of the molecule is COC(=O)CCN(C(=O)/C=C/c1ccc(Cl)cc1)C1CC1. The van der Waals surface area contributed by atoms with Crippen LogP contribution in [0.25, 0.3) is 6.08 Å². The van der Waals surface area contributed by atoms with E-state index in [4.69, 9.17) is 11.6 Å². The van der Waals surface area contributed by atoms with Gasteiger partial charge in [0.2, 0.25) is 5.91 Å². The van der Waals surface area contributed by atoms with Crippen LogP contribution in [0.1, 0.15) is 24.8 Å². The molecule has 2 rings (SSSR count). The maximum atomic E-state index is 12.2. The molecule has 0 heterocycles. The van der Waals surface area contributed by atoms with Gasteiger partial charge in [0.15, 0.2) is 0 Å². The maximum Gasteiger partial charge on any atom is 0.307 e. The number of esters is 1. The molecule has 0 N–H and O–H groups in total. The zero-order valence-corrected chi connectivity index (χ0v) is 12.7. The Labute approximate surface area is 129 Å². The van der Waals surface area contributed by atoms with Gasteiger partial charge in [-0.1, -0.05) is 23.7 Å². The number of carbonyl (C=O) groups is 2. The van der Waals surface area contributed by atoms with Crippen molar-refractivity contribution >= 4 is 29.6 Å². The minimum atomic E-state index is -0.296. The molecule has 1 aliphatic carbocycles. The van der Waals surface area contributed by atoms with E-state index in [1.54, 1.807) is 29.2 Å². The third-order valence-electron chi connectivity index (χ3n) is 3.34. The fourth-order valence-electron chi connectivity index (χ4n) is 2.01. The summed E-state index contributed by atoms with van der Waals surface area (Å²) < 4.78 is 4.61. The Morgan fingerprint density at radius 1 is 1.33 bits per heavy atom. The molecule has 1 aromatic rings. The van der Waals surface area contributed by atoms with Gasteiger partial charge in [0.1, 0.15) is 0 Å². The molecule has 0 spiro atoms. The summed E-state index contributed by atoms with van der Waals surface area (Å²) in [5.74, 6) is -0.369. The summed E-state index contributed by atoms with van der Waals surface area (Å²) in [5, 5.41) is 0.663. The van der Waals surface area contributed by atoms with E-state index in [1.807, 2.05) is 12.1 Å². The minimum absolute atomic E-state index is 0.0728. The van der Waals surface area contributed by atoms with Gasteiger partial charge in [-0.15, -0.1) is 0 Å². The van der Waals surface area contributed by atoms with Crippen molar-refractivity contribution < 1.29 is 14.3 Å². The standard InChI is InChI=1S/C16H18ClNO3/c1-21-16(20)10-11-18(14-7-8-14)15(19)9-4-12-2-5-13(17)6-3-12/h2-6,9,14H,7-8,10-11H2,1H3/b9-4+. The third kappa shape index (κ3) is 4.90. The number of hydrogen-bond acceptors (Lipinski definition) is 3. The van der Waals surface area contributed by atoms with Crippen LogP contribution in [-0.2, 0) is 14.3 Å². The summed E-state index contributed by atoms with van der Waals surface area (Å²) >= 11 is 5.82. The first kappa shape index (κ1) is 15.6. The van der Waals surface area contributed by atoms with Gasteiger partial charge in [-0.05, 0) is 36.6 Å². The topological polar surface area (TPSA) is 46.6 Å². The van der Waals surface area contributed by atoms with Crippen molar-refractivity contribution in [2.45, 2.75) is 25.3 Å². The Kier molecular flexibility index (Phi) is 5.39. The predicted molar refractivity (Wildman–Crippen MR) is 81.9 cm³/mol. The van der Waals surface area contributed by atoms with E-state index in [2.05, 4.69) is 4.74 Å². The van der Waals surface area contributed by atoms with E-state index in [0.717, 1.165) is 18.4 Å². The van der Waals surface area contributed by atoms with Crippen molar-refractivity contribution in [3.8, 4) is 0 Å². The average Bonchev–Trinajstić information content (AvgIpc) is 3.31. The summed E-state index contributed by atoms with van der Waals surface area (Å²) in [5.41, 5.74) is 0.913. The minimum Gasteiger partial charge on any atom is -0.469 e. The lowest BCUT2D eigenvalue weighted by Crippen LogP contribution is -2.33. The van der Waals surface area contributed by atoms with Gasteiger partial charge >= 0.3 is 5.97 Å². The van der Waals surface area contributed by atoms with Gasteiger partial charge in [-0.3, -0.25) is 9.59 Å². The largest absolute Gasteiger partial charge is 0.469 e. The Morgan fingerprint density at radius 3 is 2.57 bits per heavy atom. The van der Waals surface area contributed by atoms with E-state index in [0.29, 0.717) is 11.6 Å². The van der Waals surface area contributed by atoms with Crippen LogP contribution in [0.3, 0.4) is 0 Å². The number of carbonyl (C=O) groups excluding carboxylic acids is 2. The molecule has 0 atom stereocenters. The number of rotatable bonds is 6. The van der Waals surface area contributed by atoms with Crippen LogP contribution in [0, 0.1) is 0 Å². The molecule has 0 unspecified atom stereocenters. The Hall–Kier alpha value is -1.81. The Balaban J connectivity index is 1.95. The lowest BCUT2D eigenvalue weighted by Gasteiger charge is -2.20. The van der Waals surface area contributed by atoms with Crippen LogP contribution < -0.4 is 0 Å². The zero-order valence-electron chi connectivity index (χ0n) is 11.9. The molecular formula is C16H18ClNO3. The second-order valence-corrected chi connectivity index (χ2v) is 5.41. The first-order chi connectivity index (χ1) is 10.1. The number of benzene rings is 1. The van der Waals surface area contributed by atoms with E-state index >= 15 is 0 Å². The first-order valence-electron chi connectivity index (χ1n) is 6.91. The Morgan fingerprint density at radius 2 is 2.00 bits per heavy atom. The van der Waals surface area contributed by atoms with Gasteiger partial charge in [-0.25, -0.2) is 0 Å². The molecule has 1 aromatic carbocycles. The molecule has 0 aromatic heterocycles. The second-order valence-electron chi connectivity index (χ2n) is 4.97. The van der Waals surface area contributed by atoms with Crippen molar-refractivity contribution in [3.05, 3.63) is 40.9 Å². The normalized spacial score (nSPS) is 14.2. The van der Waals surface area contributed by atoms with Crippen molar-refractivity contribution in [2.75, 3.05) is 13.7 Å². The molecule has 1 aliphatic rings. The summed E-state index contributed by atoms with van der Waals surface area (Å²) in [6.07, 6.45) is 5.53. The van der Waals surface area contributed by atoms with Crippen LogP contribution in [0.2, 0.25) is 5.02 Å². The van der Waals surface area contributed by atoms with Gasteiger partial charge in [0, 0.05) is 23.7 Å². The average molecular weight is 308 g/mol. The van der Waals surface area contributed by atoms with Crippen molar-refractivity contribution in [2.24, 2.45) is 0 Å². The highest BCUT2D eigenvalue weighted by atomic mass is 35.5. The highest BCUT2D eigenvalue weighted by Gasteiger charge is 2.31. The summed E-state index contributed by atoms with van der Waals surface area (Å²) in [7, 11) is 1.35. The van der Waals surface area contributed by atoms with E-state index < -0.39 is 0 Å². The number of amides is 1. The molecule has 21 heavy (non-hydrogen) atoms. The van der Waals surface area contributed by atoms with Crippen LogP contribution in [0.5, 0.6) is 0 Å². The summed E-state index contributed by atoms with van der Waals surface area (Å²) in [4.78, 5) is 25.2. The lowest BCUT2D eigenvalue weighted by molar-refractivity contribution is -0.141. The molecule has 0 aliphatic heterocycles.